The van der Waals surface area contributed by atoms with Crippen LogP contribution in [0.3, 0.4) is 0 Å². The van der Waals surface area contributed by atoms with Crippen LogP contribution in [0.25, 0.3) is 0 Å². The van der Waals surface area contributed by atoms with Gasteiger partial charge >= 0.3 is 5.97 Å². The summed E-state index contributed by atoms with van der Waals surface area (Å²) in [5, 5.41) is 10.9. The molecular formula is C24H18Br2N2O7. The van der Waals surface area contributed by atoms with Crippen molar-refractivity contribution in [2.45, 2.75) is 16.1 Å². The number of alkyl halides is 2. The summed E-state index contributed by atoms with van der Waals surface area (Å²) < 4.78 is 5.18. The maximum absolute atomic E-state index is 13.4. The molecule has 1 heterocycles. The number of para-hydroxylation sites is 1. The number of anilines is 1. The van der Waals surface area contributed by atoms with E-state index in [4.69, 9.17) is 4.74 Å². The van der Waals surface area contributed by atoms with Crippen molar-refractivity contribution in [2.75, 3.05) is 11.5 Å². The zero-order valence-corrected chi connectivity index (χ0v) is 21.2. The van der Waals surface area contributed by atoms with Crippen LogP contribution in [0.15, 0.2) is 48.5 Å². The van der Waals surface area contributed by atoms with Gasteiger partial charge in [-0.2, -0.15) is 0 Å². The molecule has 35 heavy (non-hydrogen) atoms. The summed E-state index contributed by atoms with van der Waals surface area (Å²) in [5.74, 6) is -2.98. The lowest BCUT2D eigenvalue weighted by Crippen LogP contribution is -2.37. The van der Waals surface area contributed by atoms with Crippen LogP contribution in [0.5, 0.6) is 0 Å². The molecule has 0 unspecified atom stereocenters. The lowest BCUT2D eigenvalue weighted by atomic mass is 9.81. The molecule has 2 aromatic carbocycles. The molecule has 0 spiro atoms. The number of hydrogen-bond acceptors (Lipinski definition) is 7. The number of ether oxygens (including phenoxy) is 1. The zero-order chi connectivity index (χ0) is 25.0. The predicted molar refractivity (Wildman–Crippen MR) is 131 cm³/mol. The number of nitro groups is 1. The fourth-order valence-electron chi connectivity index (χ4n) is 5.51. The minimum Gasteiger partial charge on any atom is -0.454 e. The van der Waals surface area contributed by atoms with Crippen LogP contribution in [0, 0.1) is 33.8 Å². The van der Waals surface area contributed by atoms with Crippen molar-refractivity contribution in [3.63, 3.8) is 0 Å². The van der Waals surface area contributed by atoms with Gasteiger partial charge in [-0.3, -0.25) is 24.5 Å². The highest BCUT2D eigenvalue weighted by molar-refractivity contribution is 9.12. The van der Waals surface area contributed by atoms with Gasteiger partial charge in [-0.05, 0) is 30.4 Å². The minimum absolute atomic E-state index is 0.0147. The second-order valence-electron chi connectivity index (χ2n) is 8.84. The maximum atomic E-state index is 13.4. The third kappa shape index (κ3) is 3.81. The van der Waals surface area contributed by atoms with E-state index in [1.807, 2.05) is 0 Å². The quantitative estimate of drug-likeness (QED) is 0.122. The summed E-state index contributed by atoms with van der Waals surface area (Å²) in [6.07, 6.45) is 0.788. The highest BCUT2D eigenvalue weighted by atomic mass is 79.9. The Kier molecular flexibility index (Phi) is 6.08. The SMILES string of the molecule is O=C(COC(=O)c1ccccc1N1C(=O)[C@H]2[C@@H]3C[C@@H]([C@H](Br)[C@@H]3Br)[C@@H]2C1=O)c1cccc([N+](=O)[O-])c1. The Bertz CT molecular complexity index is 1250. The highest BCUT2D eigenvalue weighted by Crippen LogP contribution is 2.60. The van der Waals surface area contributed by atoms with E-state index in [1.54, 1.807) is 12.1 Å². The maximum Gasteiger partial charge on any atom is 0.340 e. The fraction of sp³-hybridized carbons (Fsp3) is 0.333. The molecule has 6 atom stereocenters. The molecule has 0 N–H and O–H groups in total. The molecule has 0 radical (unpaired) electrons. The van der Waals surface area contributed by atoms with Crippen molar-refractivity contribution >= 4 is 66.8 Å². The number of carbonyl (C=O) groups is 4. The summed E-state index contributed by atoms with van der Waals surface area (Å²) in [5.41, 5.74) is -0.114. The fourth-order valence-corrected chi connectivity index (χ4v) is 7.39. The van der Waals surface area contributed by atoms with E-state index < -0.39 is 35.1 Å². The number of fused-ring (bicyclic) bond motifs is 5. The molecule has 9 nitrogen and oxygen atoms in total. The van der Waals surface area contributed by atoms with E-state index in [1.165, 1.54) is 30.3 Å². The van der Waals surface area contributed by atoms with Crippen molar-refractivity contribution in [2.24, 2.45) is 23.7 Å². The number of amides is 2. The molecule has 1 aliphatic heterocycles. The summed E-state index contributed by atoms with van der Waals surface area (Å²) in [6, 6.07) is 11.2. The highest BCUT2D eigenvalue weighted by Gasteiger charge is 2.66. The predicted octanol–water partition coefficient (Wildman–Crippen LogP) is 3.92. The first-order valence-electron chi connectivity index (χ1n) is 10.9. The molecule has 1 saturated heterocycles. The first-order valence-corrected chi connectivity index (χ1v) is 12.7. The van der Waals surface area contributed by atoms with E-state index in [0.29, 0.717) is 0 Å². The van der Waals surface area contributed by atoms with Gasteiger partial charge in [-0.1, -0.05) is 56.1 Å². The third-order valence-electron chi connectivity index (χ3n) is 7.07. The van der Waals surface area contributed by atoms with Gasteiger partial charge in [0.1, 0.15) is 0 Å². The standard InChI is InChI=1S/C24H18Br2N2O7/c25-20-14-9-15(21(20)26)19-18(14)22(30)27(23(19)31)16-7-2-1-6-13(16)24(32)35-10-17(29)11-4-3-5-12(8-11)28(33)34/h1-8,14-15,18-21H,9-10H2/t14-,15+,18-,19-,20+,21-/m0/s1. The Morgan fingerprint density at radius 2 is 1.63 bits per heavy atom. The molecule has 2 aromatic rings. The molecular weight excluding hydrogens is 588 g/mol. The first-order chi connectivity index (χ1) is 16.7. The number of Topliss-reactive ketones (excluding diaryl/α,β-unsaturated/α-hetero) is 1. The molecule has 3 aliphatic rings. The number of rotatable bonds is 6. The monoisotopic (exact) mass is 604 g/mol. The van der Waals surface area contributed by atoms with Gasteiger partial charge in [0, 0.05) is 27.4 Å². The molecule has 0 aromatic heterocycles. The van der Waals surface area contributed by atoms with Crippen LogP contribution >= 0.6 is 31.9 Å². The number of carbonyl (C=O) groups excluding carboxylic acids is 4. The number of esters is 1. The number of benzene rings is 2. The molecule has 2 saturated carbocycles. The number of non-ortho nitro benzene ring substituents is 1. The lowest BCUT2D eigenvalue weighted by Gasteiger charge is -2.28. The number of nitrogens with zero attached hydrogens (tertiary/aromatic N) is 2. The summed E-state index contributed by atoms with van der Waals surface area (Å²) in [7, 11) is 0. The van der Waals surface area contributed by atoms with Gasteiger partial charge in [0.2, 0.25) is 17.6 Å². The Morgan fingerprint density at radius 1 is 1.00 bits per heavy atom. The van der Waals surface area contributed by atoms with Crippen molar-refractivity contribution in [1.82, 2.24) is 0 Å². The van der Waals surface area contributed by atoms with E-state index in [-0.39, 0.29) is 55.8 Å². The van der Waals surface area contributed by atoms with Crippen molar-refractivity contribution < 1.29 is 28.8 Å². The van der Waals surface area contributed by atoms with E-state index >= 15 is 0 Å². The Hall–Kier alpha value is -2.92. The summed E-state index contributed by atoms with van der Waals surface area (Å²) >= 11 is 7.30. The van der Waals surface area contributed by atoms with Gasteiger partial charge in [-0.15, -0.1) is 0 Å². The van der Waals surface area contributed by atoms with Crippen LogP contribution in [-0.2, 0) is 14.3 Å². The number of halogens is 2. The van der Waals surface area contributed by atoms with Gasteiger partial charge in [0.25, 0.3) is 5.69 Å². The van der Waals surface area contributed by atoms with Gasteiger partial charge < -0.3 is 4.74 Å². The van der Waals surface area contributed by atoms with Crippen LogP contribution < -0.4 is 4.90 Å². The van der Waals surface area contributed by atoms with Crippen LogP contribution in [0.4, 0.5) is 11.4 Å². The van der Waals surface area contributed by atoms with E-state index in [2.05, 4.69) is 31.9 Å². The van der Waals surface area contributed by atoms with Gasteiger partial charge in [-0.25, -0.2) is 9.69 Å². The van der Waals surface area contributed by atoms with Crippen LogP contribution in [0.2, 0.25) is 0 Å². The second kappa shape index (κ2) is 8.94. The molecule has 2 amide bonds. The van der Waals surface area contributed by atoms with E-state index in [0.717, 1.165) is 17.4 Å². The topological polar surface area (TPSA) is 124 Å². The summed E-state index contributed by atoms with van der Waals surface area (Å²) in [4.78, 5) is 63.6. The molecule has 5 rings (SSSR count). The van der Waals surface area contributed by atoms with Gasteiger partial charge in [0.05, 0.1) is 28.0 Å². The minimum atomic E-state index is -0.878. The lowest BCUT2D eigenvalue weighted by molar-refractivity contribution is -0.384. The normalized spacial score (nSPS) is 28.8. The van der Waals surface area contributed by atoms with Gasteiger partial charge in [0.15, 0.2) is 6.61 Å². The van der Waals surface area contributed by atoms with Crippen LogP contribution in [0.1, 0.15) is 27.1 Å². The number of imide groups is 1. The molecule has 2 aliphatic carbocycles. The first kappa shape index (κ1) is 23.8. The molecule has 2 bridgehead atoms. The Morgan fingerprint density at radius 3 is 2.26 bits per heavy atom. The molecule has 3 fully saturated rings. The zero-order valence-electron chi connectivity index (χ0n) is 18.0. The van der Waals surface area contributed by atoms with Crippen molar-refractivity contribution in [1.29, 1.82) is 0 Å². The Labute approximate surface area is 216 Å². The Balaban J connectivity index is 1.35. The van der Waals surface area contributed by atoms with Crippen LogP contribution in [-0.4, -0.2) is 44.8 Å². The molecule has 180 valence electrons. The second-order valence-corrected chi connectivity index (χ2v) is 11.0. The van der Waals surface area contributed by atoms with Crippen molar-refractivity contribution in [3.05, 3.63) is 69.8 Å². The summed E-state index contributed by atoms with van der Waals surface area (Å²) in [6.45, 7) is -0.651. The van der Waals surface area contributed by atoms with Crippen molar-refractivity contribution in [3.8, 4) is 0 Å². The van der Waals surface area contributed by atoms with E-state index in [9.17, 15) is 29.3 Å². The average Bonchev–Trinajstić information content (AvgIpc) is 3.47. The smallest absolute Gasteiger partial charge is 0.340 e. The number of hydrogen-bond donors (Lipinski definition) is 0. The number of nitro benzene ring substituents is 1. The average molecular weight is 606 g/mol. The largest absolute Gasteiger partial charge is 0.454 e. The number of ketones is 1. The third-order valence-corrected chi connectivity index (χ3v) is 10.3. The molecule has 11 heteroatoms.